The number of anilines is 2. The standard InChI is InChI=1S/C12H11ClN4O.C6H12O2.C5H11N/c1-14-11-4-2-3-10(17-11)8-5-12(16-7-18)15-6-9(8)13;1-6(2)5-7-3-4-8-6;1-2-4-6-5-3-1/h2-7H,1H3,(H,14,17)(H,15,16,18);3-5H2,1-2H3;6H,1-5H2. The lowest BCUT2D eigenvalue weighted by molar-refractivity contribution is -0.137. The molecule has 3 N–H and O–H groups in total. The predicted molar refractivity (Wildman–Crippen MR) is 129 cm³/mol. The molecule has 4 heterocycles. The molecular formula is C23H34ClN5O3. The van der Waals surface area contributed by atoms with Crippen molar-refractivity contribution in [3.05, 3.63) is 35.5 Å². The Morgan fingerprint density at radius 1 is 1.16 bits per heavy atom. The number of pyridine rings is 2. The van der Waals surface area contributed by atoms with Crippen LogP contribution in [0.15, 0.2) is 30.5 Å². The minimum absolute atomic E-state index is 0.0434. The number of halogens is 1. The average molecular weight is 464 g/mol. The highest BCUT2D eigenvalue weighted by molar-refractivity contribution is 6.33. The zero-order chi connectivity index (χ0) is 23.2. The van der Waals surface area contributed by atoms with E-state index >= 15 is 0 Å². The van der Waals surface area contributed by atoms with E-state index in [1.54, 1.807) is 13.1 Å². The van der Waals surface area contributed by atoms with E-state index < -0.39 is 0 Å². The van der Waals surface area contributed by atoms with Gasteiger partial charge in [-0.2, -0.15) is 0 Å². The fraction of sp³-hybridized carbons (Fsp3) is 0.522. The van der Waals surface area contributed by atoms with E-state index in [4.69, 9.17) is 21.1 Å². The molecule has 2 fully saturated rings. The van der Waals surface area contributed by atoms with Crippen molar-refractivity contribution in [2.24, 2.45) is 0 Å². The molecule has 0 radical (unpaired) electrons. The number of ether oxygens (including phenoxy) is 2. The van der Waals surface area contributed by atoms with E-state index in [9.17, 15) is 4.79 Å². The van der Waals surface area contributed by atoms with Crippen LogP contribution in [0.4, 0.5) is 11.6 Å². The molecule has 2 saturated heterocycles. The van der Waals surface area contributed by atoms with Crippen LogP contribution in [0.2, 0.25) is 5.02 Å². The normalized spacial score (nSPS) is 17.0. The van der Waals surface area contributed by atoms with Crippen LogP contribution in [0, 0.1) is 0 Å². The van der Waals surface area contributed by atoms with Crippen molar-refractivity contribution < 1.29 is 14.3 Å². The highest BCUT2D eigenvalue weighted by Crippen LogP contribution is 2.28. The molecule has 2 aliphatic heterocycles. The third-order valence-electron chi connectivity index (χ3n) is 4.72. The predicted octanol–water partition coefficient (Wildman–Crippen LogP) is 3.98. The number of hydrogen-bond acceptors (Lipinski definition) is 7. The smallest absolute Gasteiger partial charge is 0.212 e. The molecule has 2 aromatic rings. The number of piperidine rings is 1. The van der Waals surface area contributed by atoms with Crippen molar-refractivity contribution in [3.63, 3.8) is 0 Å². The lowest BCUT2D eigenvalue weighted by Crippen LogP contribution is -2.37. The molecular weight excluding hydrogens is 430 g/mol. The van der Waals surface area contributed by atoms with E-state index in [2.05, 4.69) is 25.9 Å². The number of carbonyl (C=O) groups is 1. The van der Waals surface area contributed by atoms with Crippen LogP contribution in [-0.2, 0) is 14.3 Å². The van der Waals surface area contributed by atoms with E-state index in [1.807, 2.05) is 32.0 Å². The molecule has 32 heavy (non-hydrogen) atoms. The number of nitrogens with zero attached hydrogens (tertiary/aromatic N) is 2. The Morgan fingerprint density at radius 3 is 2.44 bits per heavy atom. The molecule has 0 bridgehead atoms. The number of carbonyl (C=O) groups excluding carboxylic acids is 1. The Bertz CT molecular complexity index is 812. The maximum atomic E-state index is 10.4. The maximum absolute atomic E-state index is 10.4. The van der Waals surface area contributed by atoms with Gasteiger partial charge in [-0.25, -0.2) is 9.97 Å². The number of hydrogen-bond donors (Lipinski definition) is 3. The Labute approximate surface area is 195 Å². The van der Waals surface area contributed by atoms with Gasteiger partial charge in [0.15, 0.2) is 0 Å². The quantitative estimate of drug-likeness (QED) is 0.590. The molecule has 0 atom stereocenters. The summed E-state index contributed by atoms with van der Waals surface area (Å²) in [5, 5.41) is 9.20. The van der Waals surface area contributed by atoms with Gasteiger partial charge >= 0.3 is 0 Å². The van der Waals surface area contributed by atoms with Crippen molar-refractivity contribution in [2.45, 2.75) is 38.7 Å². The van der Waals surface area contributed by atoms with Crippen LogP contribution in [0.5, 0.6) is 0 Å². The first-order valence-electron chi connectivity index (χ1n) is 10.9. The summed E-state index contributed by atoms with van der Waals surface area (Å²) in [5.41, 5.74) is 1.38. The van der Waals surface area contributed by atoms with Crippen molar-refractivity contribution in [2.75, 3.05) is 50.6 Å². The molecule has 0 aliphatic carbocycles. The number of rotatable bonds is 4. The molecule has 2 aromatic heterocycles. The van der Waals surface area contributed by atoms with Crippen molar-refractivity contribution >= 4 is 29.6 Å². The number of amides is 1. The molecule has 176 valence electrons. The van der Waals surface area contributed by atoms with Gasteiger partial charge in [-0.05, 0) is 58.0 Å². The van der Waals surface area contributed by atoms with Gasteiger partial charge in [-0.15, -0.1) is 0 Å². The highest BCUT2D eigenvalue weighted by Gasteiger charge is 2.21. The van der Waals surface area contributed by atoms with E-state index in [-0.39, 0.29) is 5.60 Å². The van der Waals surface area contributed by atoms with Crippen molar-refractivity contribution in [1.29, 1.82) is 0 Å². The summed E-state index contributed by atoms with van der Waals surface area (Å²) >= 11 is 6.09. The first kappa shape index (κ1) is 26.0. The second-order valence-electron chi connectivity index (χ2n) is 7.94. The highest BCUT2D eigenvalue weighted by atomic mass is 35.5. The molecule has 0 spiro atoms. The largest absolute Gasteiger partial charge is 0.376 e. The first-order valence-corrected chi connectivity index (χ1v) is 11.3. The Kier molecular flexibility index (Phi) is 11.4. The third kappa shape index (κ3) is 9.48. The SMILES string of the molecule is C1CCNCC1.CC1(C)COCCO1.CNc1cccc(-c2cc(NC=O)ncc2Cl)n1. The van der Waals surface area contributed by atoms with E-state index in [1.165, 1.54) is 38.5 Å². The summed E-state index contributed by atoms with van der Waals surface area (Å²) in [6, 6.07) is 7.24. The fourth-order valence-corrected chi connectivity index (χ4v) is 3.24. The molecule has 0 saturated carbocycles. The summed E-state index contributed by atoms with van der Waals surface area (Å²) < 4.78 is 10.5. The van der Waals surface area contributed by atoms with Gasteiger partial charge in [-0.3, -0.25) is 4.79 Å². The van der Waals surface area contributed by atoms with Crippen molar-refractivity contribution in [3.8, 4) is 11.3 Å². The fourth-order valence-electron chi connectivity index (χ4n) is 3.04. The minimum atomic E-state index is -0.0434. The zero-order valence-corrected chi connectivity index (χ0v) is 19.9. The summed E-state index contributed by atoms with van der Waals surface area (Å²) in [6.07, 6.45) is 6.26. The van der Waals surface area contributed by atoms with Gasteiger partial charge in [0.1, 0.15) is 11.6 Å². The molecule has 0 unspecified atom stereocenters. The van der Waals surface area contributed by atoms with E-state index in [0.717, 1.165) is 25.6 Å². The van der Waals surface area contributed by atoms with Crippen LogP contribution < -0.4 is 16.0 Å². The third-order valence-corrected chi connectivity index (χ3v) is 5.02. The lowest BCUT2D eigenvalue weighted by Gasteiger charge is -2.29. The first-order chi connectivity index (χ1) is 15.4. The molecule has 4 rings (SSSR count). The topological polar surface area (TPSA) is 97.4 Å². The average Bonchev–Trinajstić information content (AvgIpc) is 2.82. The Balaban J connectivity index is 0.000000211. The number of aromatic nitrogens is 2. The molecule has 0 aromatic carbocycles. The minimum Gasteiger partial charge on any atom is -0.376 e. The summed E-state index contributed by atoms with van der Waals surface area (Å²) in [4.78, 5) is 18.8. The molecule has 2 aliphatic rings. The summed E-state index contributed by atoms with van der Waals surface area (Å²) in [6.45, 7) is 8.79. The number of nitrogens with one attached hydrogen (secondary N) is 3. The molecule has 8 nitrogen and oxygen atoms in total. The van der Waals surface area contributed by atoms with Crippen LogP contribution >= 0.6 is 11.6 Å². The van der Waals surface area contributed by atoms with Crippen LogP contribution in [0.1, 0.15) is 33.1 Å². The summed E-state index contributed by atoms with van der Waals surface area (Å²) in [5.74, 6) is 1.17. The van der Waals surface area contributed by atoms with Crippen LogP contribution in [-0.4, -0.2) is 61.9 Å². The van der Waals surface area contributed by atoms with Gasteiger partial charge in [0.25, 0.3) is 0 Å². The van der Waals surface area contributed by atoms with Gasteiger partial charge < -0.3 is 25.4 Å². The Morgan fingerprint density at radius 2 is 1.94 bits per heavy atom. The van der Waals surface area contributed by atoms with Gasteiger partial charge in [0, 0.05) is 18.8 Å². The Hall–Kier alpha value is -2.26. The lowest BCUT2D eigenvalue weighted by atomic mass is 10.1. The monoisotopic (exact) mass is 463 g/mol. The van der Waals surface area contributed by atoms with E-state index in [0.29, 0.717) is 28.5 Å². The summed E-state index contributed by atoms with van der Waals surface area (Å²) in [7, 11) is 1.79. The molecule has 9 heteroatoms. The van der Waals surface area contributed by atoms with Crippen LogP contribution in [0.25, 0.3) is 11.3 Å². The maximum Gasteiger partial charge on any atom is 0.212 e. The molecule has 1 amide bonds. The van der Waals surface area contributed by atoms with Gasteiger partial charge in [-0.1, -0.05) is 24.1 Å². The van der Waals surface area contributed by atoms with Gasteiger partial charge in [0.2, 0.25) is 6.41 Å². The second-order valence-corrected chi connectivity index (χ2v) is 8.35. The zero-order valence-electron chi connectivity index (χ0n) is 19.1. The van der Waals surface area contributed by atoms with Crippen molar-refractivity contribution in [1.82, 2.24) is 15.3 Å². The second kappa shape index (κ2) is 14.0. The van der Waals surface area contributed by atoms with Crippen LogP contribution in [0.3, 0.4) is 0 Å². The van der Waals surface area contributed by atoms with Gasteiger partial charge in [0.05, 0.1) is 36.1 Å².